The first-order chi connectivity index (χ1) is 9.81. The van der Waals surface area contributed by atoms with E-state index in [0.717, 1.165) is 25.7 Å². The first-order valence-corrected chi connectivity index (χ1v) is 8.15. The van der Waals surface area contributed by atoms with E-state index in [0.29, 0.717) is 18.4 Å². The maximum Gasteiger partial charge on any atom is 0.242 e. The van der Waals surface area contributed by atoms with Crippen LogP contribution < -0.4 is 16.4 Å². The Morgan fingerprint density at radius 3 is 2.38 bits per heavy atom. The number of carbonyl (C=O) groups is 2. The van der Waals surface area contributed by atoms with Crippen LogP contribution in [-0.4, -0.2) is 30.4 Å². The zero-order valence-electron chi connectivity index (χ0n) is 13.8. The summed E-state index contributed by atoms with van der Waals surface area (Å²) >= 11 is 0. The highest BCUT2D eigenvalue weighted by Crippen LogP contribution is 2.29. The molecule has 1 aliphatic rings. The van der Waals surface area contributed by atoms with Crippen LogP contribution in [0.5, 0.6) is 0 Å². The second-order valence-electron chi connectivity index (χ2n) is 6.84. The van der Waals surface area contributed by atoms with E-state index in [1.807, 2.05) is 20.8 Å². The van der Waals surface area contributed by atoms with Gasteiger partial charge in [-0.05, 0) is 38.0 Å². The molecule has 1 aliphatic carbocycles. The van der Waals surface area contributed by atoms with E-state index >= 15 is 0 Å². The number of nitrogens with two attached hydrogens (primary N) is 1. The van der Waals surface area contributed by atoms with Crippen LogP contribution in [0.15, 0.2) is 0 Å². The van der Waals surface area contributed by atoms with Crippen molar-refractivity contribution < 1.29 is 9.59 Å². The molecule has 0 saturated heterocycles. The van der Waals surface area contributed by atoms with Crippen LogP contribution >= 0.6 is 0 Å². The number of rotatable bonds is 6. The largest absolute Gasteiger partial charge is 0.354 e. The van der Waals surface area contributed by atoms with E-state index < -0.39 is 6.04 Å². The molecule has 5 heteroatoms. The highest BCUT2D eigenvalue weighted by molar-refractivity contribution is 5.88. The minimum Gasteiger partial charge on any atom is -0.354 e. The van der Waals surface area contributed by atoms with E-state index in [-0.39, 0.29) is 23.8 Å². The minimum absolute atomic E-state index is 0.0405. The second-order valence-corrected chi connectivity index (χ2v) is 6.84. The Morgan fingerprint density at radius 1 is 1.14 bits per heavy atom. The van der Waals surface area contributed by atoms with Crippen molar-refractivity contribution in [2.75, 3.05) is 6.54 Å². The van der Waals surface area contributed by atoms with Crippen LogP contribution in [0.4, 0.5) is 0 Å². The fourth-order valence-corrected chi connectivity index (χ4v) is 2.80. The Morgan fingerprint density at radius 2 is 1.81 bits per heavy atom. The van der Waals surface area contributed by atoms with Crippen LogP contribution in [0, 0.1) is 17.8 Å². The molecule has 1 rings (SSSR count). The Labute approximate surface area is 128 Å². The van der Waals surface area contributed by atoms with Crippen LogP contribution in [0.2, 0.25) is 0 Å². The van der Waals surface area contributed by atoms with Crippen molar-refractivity contribution in [3.8, 4) is 0 Å². The summed E-state index contributed by atoms with van der Waals surface area (Å²) in [6.07, 6.45) is 4.10. The summed E-state index contributed by atoms with van der Waals surface area (Å²) in [6, 6.07) is -0.276. The maximum atomic E-state index is 12.3. The lowest BCUT2D eigenvalue weighted by atomic mass is 9.78. The van der Waals surface area contributed by atoms with Crippen LogP contribution in [0.3, 0.4) is 0 Å². The molecule has 5 nitrogen and oxygen atoms in total. The molecule has 4 N–H and O–H groups in total. The summed E-state index contributed by atoms with van der Waals surface area (Å²) < 4.78 is 0. The predicted octanol–water partition coefficient (Wildman–Crippen LogP) is 1.42. The second kappa shape index (κ2) is 8.37. The zero-order valence-corrected chi connectivity index (χ0v) is 13.8. The summed E-state index contributed by atoms with van der Waals surface area (Å²) in [5, 5.41) is 5.66. The van der Waals surface area contributed by atoms with Gasteiger partial charge in [-0.1, -0.05) is 27.2 Å². The van der Waals surface area contributed by atoms with E-state index in [1.54, 1.807) is 6.92 Å². The molecule has 0 aromatic heterocycles. The lowest BCUT2D eigenvalue weighted by Crippen LogP contribution is -2.48. The molecule has 0 bridgehead atoms. The highest BCUT2D eigenvalue weighted by Gasteiger charge is 2.29. The van der Waals surface area contributed by atoms with Gasteiger partial charge in [-0.2, -0.15) is 0 Å². The van der Waals surface area contributed by atoms with E-state index in [9.17, 15) is 9.59 Å². The third kappa shape index (κ3) is 6.04. The lowest BCUT2D eigenvalue weighted by molar-refractivity contribution is -0.131. The van der Waals surface area contributed by atoms with Crippen molar-refractivity contribution in [1.82, 2.24) is 10.6 Å². The van der Waals surface area contributed by atoms with Crippen molar-refractivity contribution in [1.29, 1.82) is 0 Å². The molecule has 2 amide bonds. The molecule has 0 heterocycles. The summed E-state index contributed by atoms with van der Waals surface area (Å²) in [5.41, 5.74) is 5.98. The molecule has 21 heavy (non-hydrogen) atoms. The molecule has 0 aromatic carbocycles. The molecular formula is C16H31N3O2. The molecule has 0 aromatic rings. The molecule has 4 unspecified atom stereocenters. The first-order valence-electron chi connectivity index (χ1n) is 8.15. The number of hydrogen-bond acceptors (Lipinski definition) is 3. The number of amides is 2. The number of carbonyl (C=O) groups excluding carboxylic acids is 2. The van der Waals surface area contributed by atoms with Crippen molar-refractivity contribution in [2.24, 2.45) is 23.5 Å². The summed E-state index contributed by atoms with van der Waals surface area (Å²) in [4.78, 5) is 24.2. The fourth-order valence-electron chi connectivity index (χ4n) is 2.80. The van der Waals surface area contributed by atoms with Gasteiger partial charge in [0.05, 0.1) is 0 Å². The predicted molar refractivity (Wildman–Crippen MR) is 84.5 cm³/mol. The zero-order chi connectivity index (χ0) is 16.0. The molecule has 0 aliphatic heterocycles. The van der Waals surface area contributed by atoms with E-state index in [1.165, 1.54) is 0 Å². The van der Waals surface area contributed by atoms with Gasteiger partial charge in [-0.3, -0.25) is 9.59 Å². The quantitative estimate of drug-likeness (QED) is 0.693. The van der Waals surface area contributed by atoms with Gasteiger partial charge in [0.1, 0.15) is 6.04 Å². The van der Waals surface area contributed by atoms with Crippen molar-refractivity contribution in [3.63, 3.8) is 0 Å². The van der Waals surface area contributed by atoms with Crippen molar-refractivity contribution in [2.45, 2.75) is 65.5 Å². The van der Waals surface area contributed by atoms with E-state index in [2.05, 4.69) is 10.6 Å². The minimum atomic E-state index is -0.490. The molecule has 1 saturated carbocycles. The third-order valence-corrected chi connectivity index (χ3v) is 4.31. The molecule has 1 fully saturated rings. The average Bonchev–Trinajstić information content (AvgIpc) is 2.43. The van der Waals surface area contributed by atoms with Gasteiger partial charge in [0.15, 0.2) is 0 Å². The summed E-state index contributed by atoms with van der Waals surface area (Å²) in [5.74, 6) is 0.488. The smallest absolute Gasteiger partial charge is 0.242 e. The summed E-state index contributed by atoms with van der Waals surface area (Å²) in [6.45, 7) is 8.38. The molecule has 4 atom stereocenters. The van der Waals surface area contributed by atoms with Crippen LogP contribution in [-0.2, 0) is 9.59 Å². The van der Waals surface area contributed by atoms with Crippen LogP contribution in [0.1, 0.15) is 53.4 Å². The Bertz CT molecular complexity index is 357. The lowest BCUT2D eigenvalue weighted by Gasteiger charge is -2.31. The molecule has 122 valence electrons. The SMILES string of the molecule is CC(C)CNC(=O)C(C)NC(=O)C(C)C1CCCC(N)C1. The van der Waals surface area contributed by atoms with Crippen LogP contribution in [0.25, 0.3) is 0 Å². The standard InChI is InChI=1S/C16H31N3O2/c1-10(2)9-18-16(21)12(4)19-15(20)11(3)13-6-5-7-14(17)8-13/h10-14H,5-9,17H2,1-4H3,(H,18,21)(H,19,20). The number of nitrogens with one attached hydrogen (secondary N) is 2. The Balaban J connectivity index is 2.42. The average molecular weight is 297 g/mol. The van der Waals surface area contributed by atoms with Gasteiger partial charge < -0.3 is 16.4 Å². The fraction of sp³-hybridized carbons (Fsp3) is 0.875. The van der Waals surface area contributed by atoms with Gasteiger partial charge in [-0.15, -0.1) is 0 Å². The van der Waals surface area contributed by atoms with Gasteiger partial charge in [0.25, 0.3) is 0 Å². The monoisotopic (exact) mass is 297 g/mol. The molecular weight excluding hydrogens is 266 g/mol. The van der Waals surface area contributed by atoms with E-state index in [4.69, 9.17) is 5.73 Å². The normalized spacial score (nSPS) is 25.2. The topological polar surface area (TPSA) is 84.2 Å². The highest BCUT2D eigenvalue weighted by atomic mass is 16.2. The van der Waals surface area contributed by atoms with Gasteiger partial charge in [0.2, 0.25) is 11.8 Å². The maximum absolute atomic E-state index is 12.3. The van der Waals surface area contributed by atoms with Crippen molar-refractivity contribution >= 4 is 11.8 Å². The van der Waals surface area contributed by atoms with Gasteiger partial charge in [0, 0.05) is 18.5 Å². The van der Waals surface area contributed by atoms with Gasteiger partial charge in [-0.25, -0.2) is 0 Å². The van der Waals surface area contributed by atoms with Crippen molar-refractivity contribution in [3.05, 3.63) is 0 Å². The molecule has 0 radical (unpaired) electrons. The Kier molecular flexibility index (Phi) is 7.15. The first kappa shape index (κ1) is 18.0. The molecule has 0 spiro atoms. The van der Waals surface area contributed by atoms with Gasteiger partial charge >= 0.3 is 0 Å². The number of hydrogen-bond donors (Lipinski definition) is 3. The third-order valence-electron chi connectivity index (χ3n) is 4.31. The Hall–Kier alpha value is -1.10. The summed E-state index contributed by atoms with van der Waals surface area (Å²) in [7, 11) is 0.